The zero-order valence-corrected chi connectivity index (χ0v) is 3.66. The number of rotatable bonds is 1. The van der Waals surface area contributed by atoms with Crippen molar-refractivity contribution in [1.29, 1.82) is 0 Å². The van der Waals surface area contributed by atoms with Crippen LogP contribution in [0.1, 0.15) is 0 Å². The molecule has 0 fully saturated rings. The fourth-order valence-electron chi connectivity index (χ4n) is 0.0940. The van der Waals surface area contributed by atoms with Crippen LogP contribution in [0.4, 0.5) is 4.79 Å². The lowest BCUT2D eigenvalue weighted by atomic mass is 11.3. The van der Waals surface area contributed by atoms with Crippen molar-refractivity contribution in [3.05, 3.63) is 10.1 Å². The molecule has 7 nitrogen and oxygen atoms in total. The number of nitrogens with one attached hydrogen (secondary N) is 1. The molecule has 0 aromatic carbocycles. The van der Waals surface area contributed by atoms with Gasteiger partial charge in [0.1, 0.15) is 0 Å². The van der Waals surface area contributed by atoms with Crippen molar-refractivity contribution in [3.63, 3.8) is 0 Å². The van der Waals surface area contributed by atoms with Crippen LogP contribution in [0.25, 0.3) is 0 Å². The lowest BCUT2D eigenvalue weighted by Crippen LogP contribution is -2.32. The molecule has 46 valence electrons. The Morgan fingerprint density at radius 3 is 2.50 bits per heavy atom. The average Bonchev–Trinajstić information content (AvgIpc) is 1.65. The first-order valence-corrected chi connectivity index (χ1v) is 1.49. The van der Waals surface area contributed by atoms with Crippen molar-refractivity contribution in [2.45, 2.75) is 0 Å². The predicted octanol–water partition coefficient (Wildman–Crippen LogP) is -1.22. The van der Waals surface area contributed by atoms with Gasteiger partial charge in [0.2, 0.25) is 0 Å². The van der Waals surface area contributed by atoms with Gasteiger partial charge in [-0.15, -0.1) is 10.1 Å². The molecule has 0 spiro atoms. The fourth-order valence-corrected chi connectivity index (χ4v) is 0.0940. The summed E-state index contributed by atoms with van der Waals surface area (Å²) in [6.45, 7) is 0. The SMILES string of the molecule is NNC(=O)O[N+](=O)[O-]. The smallest absolute Gasteiger partial charge is 0.271 e. The highest BCUT2D eigenvalue weighted by molar-refractivity contribution is 5.65. The third-order valence-electron chi connectivity index (χ3n) is 0.275. The largest absolute Gasteiger partial charge is 0.410 e. The number of amides is 1. The van der Waals surface area contributed by atoms with Gasteiger partial charge in [0.05, 0.1) is 0 Å². The molecule has 0 aliphatic rings. The molecule has 0 atom stereocenters. The molecule has 0 heterocycles. The van der Waals surface area contributed by atoms with Crippen molar-refractivity contribution in [2.75, 3.05) is 0 Å². The maximum Gasteiger partial charge on any atom is 0.410 e. The van der Waals surface area contributed by atoms with Gasteiger partial charge in [-0.25, -0.2) is 15.5 Å². The number of carbonyl (C=O) groups is 1. The van der Waals surface area contributed by atoms with Crippen molar-refractivity contribution in [2.24, 2.45) is 5.84 Å². The number of hydrogen-bond donors (Lipinski definition) is 2. The molecule has 0 aliphatic heterocycles. The lowest BCUT2D eigenvalue weighted by molar-refractivity contribution is -0.727. The Hall–Kier alpha value is -1.37. The van der Waals surface area contributed by atoms with Gasteiger partial charge in [-0.05, 0) is 0 Å². The highest BCUT2D eigenvalue weighted by atomic mass is 17.0. The number of carbonyl (C=O) groups excluding carboxylic acids is 1. The molecule has 0 aromatic rings. The van der Waals surface area contributed by atoms with Gasteiger partial charge in [-0.3, -0.25) is 5.43 Å². The van der Waals surface area contributed by atoms with Crippen molar-refractivity contribution < 1.29 is 14.7 Å². The number of hydrogen-bond acceptors (Lipinski definition) is 5. The van der Waals surface area contributed by atoms with E-state index in [1.807, 2.05) is 0 Å². The van der Waals surface area contributed by atoms with Crippen LogP contribution < -0.4 is 11.3 Å². The van der Waals surface area contributed by atoms with Crippen LogP contribution in [0, 0.1) is 10.1 Å². The van der Waals surface area contributed by atoms with E-state index in [0.29, 0.717) is 0 Å². The highest BCUT2D eigenvalue weighted by Crippen LogP contribution is 1.71. The molecule has 8 heavy (non-hydrogen) atoms. The van der Waals surface area contributed by atoms with Gasteiger partial charge in [0.25, 0.3) is 0 Å². The molecule has 0 aromatic heterocycles. The Kier molecular flexibility index (Phi) is 2.28. The maximum atomic E-state index is 9.72. The molecule has 0 saturated heterocycles. The van der Waals surface area contributed by atoms with Crippen LogP contribution in [0.15, 0.2) is 0 Å². The molecule has 1 amide bonds. The maximum absolute atomic E-state index is 9.72. The summed E-state index contributed by atoms with van der Waals surface area (Å²) in [6, 6.07) is 0. The summed E-state index contributed by atoms with van der Waals surface area (Å²) in [5.74, 6) is 4.39. The number of hydrazine groups is 1. The Morgan fingerprint density at radius 1 is 1.88 bits per heavy atom. The van der Waals surface area contributed by atoms with E-state index in [1.165, 1.54) is 5.43 Å². The van der Waals surface area contributed by atoms with E-state index in [-0.39, 0.29) is 0 Å². The van der Waals surface area contributed by atoms with Crippen LogP contribution in [0.2, 0.25) is 0 Å². The van der Waals surface area contributed by atoms with Crippen molar-refractivity contribution in [3.8, 4) is 0 Å². The monoisotopic (exact) mass is 121 g/mol. The summed E-state index contributed by atoms with van der Waals surface area (Å²) in [7, 11) is 0. The summed E-state index contributed by atoms with van der Waals surface area (Å²) < 4.78 is 0. The molecular weight excluding hydrogens is 118 g/mol. The van der Waals surface area contributed by atoms with Crippen LogP contribution in [0.5, 0.6) is 0 Å². The zero-order chi connectivity index (χ0) is 6.57. The topological polar surface area (TPSA) is 107 Å². The molecule has 0 bridgehead atoms. The molecule has 0 saturated carbocycles. The Bertz CT molecular complexity index is 110. The highest BCUT2D eigenvalue weighted by Gasteiger charge is 2.01. The second-order valence-electron chi connectivity index (χ2n) is 0.747. The first-order chi connectivity index (χ1) is 3.66. The minimum absolute atomic E-state index is 1.26. The molecule has 7 heteroatoms. The van der Waals surface area contributed by atoms with Crippen LogP contribution in [0.3, 0.4) is 0 Å². The fraction of sp³-hybridized carbons (Fsp3) is 0. The molecule has 0 unspecified atom stereocenters. The normalized spacial score (nSPS) is 7.62. The second kappa shape index (κ2) is 2.75. The van der Waals surface area contributed by atoms with Crippen molar-refractivity contribution in [1.82, 2.24) is 5.43 Å². The van der Waals surface area contributed by atoms with Gasteiger partial charge in [0, 0.05) is 0 Å². The summed E-state index contributed by atoms with van der Waals surface area (Å²) in [4.78, 5) is 22.2. The predicted molar refractivity (Wildman–Crippen MR) is 20.8 cm³/mol. The summed E-state index contributed by atoms with van der Waals surface area (Å²) in [6.07, 6.45) is -1.30. The van der Waals surface area contributed by atoms with E-state index in [2.05, 4.69) is 10.7 Å². The van der Waals surface area contributed by atoms with Gasteiger partial charge in [0.15, 0.2) is 0 Å². The summed E-state index contributed by atoms with van der Waals surface area (Å²) in [5.41, 5.74) is 1.39. The Morgan fingerprint density at radius 2 is 2.38 bits per heavy atom. The van der Waals surface area contributed by atoms with Gasteiger partial charge < -0.3 is 0 Å². The molecular formula is CH3N3O4. The van der Waals surface area contributed by atoms with E-state index in [1.54, 1.807) is 0 Å². The lowest BCUT2D eigenvalue weighted by Gasteiger charge is -1.90. The van der Waals surface area contributed by atoms with Crippen LogP contribution in [-0.4, -0.2) is 11.2 Å². The van der Waals surface area contributed by atoms with Crippen LogP contribution >= 0.6 is 0 Å². The standard InChI is InChI=1S/CH3N3O4/c2-3-1(5)8-4(6)7/h2H2,(H,3,5). The quantitative estimate of drug-likeness (QED) is 0.195. The third kappa shape index (κ3) is 2.85. The van der Waals surface area contributed by atoms with E-state index < -0.39 is 11.2 Å². The average molecular weight is 121 g/mol. The number of nitrogens with zero attached hydrogens (tertiary/aromatic N) is 1. The summed E-state index contributed by atoms with van der Waals surface area (Å²) >= 11 is 0. The minimum Gasteiger partial charge on any atom is -0.271 e. The summed E-state index contributed by atoms with van der Waals surface area (Å²) in [5, 5.41) is 7.97. The van der Waals surface area contributed by atoms with Gasteiger partial charge in [-0.2, -0.15) is 0 Å². The first-order valence-electron chi connectivity index (χ1n) is 1.49. The van der Waals surface area contributed by atoms with E-state index in [9.17, 15) is 14.9 Å². The van der Waals surface area contributed by atoms with Crippen molar-refractivity contribution >= 4 is 6.09 Å². The van der Waals surface area contributed by atoms with Gasteiger partial charge >= 0.3 is 11.2 Å². The molecule has 0 rings (SSSR count). The van der Waals surface area contributed by atoms with Gasteiger partial charge in [-0.1, -0.05) is 0 Å². The zero-order valence-electron chi connectivity index (χ0n) is 3.66. The molecule has 0 aliphatic carbocycles. The van der Waals surface area contributed by atoms with Crippen LogP contribution in [-0.2, 0) is 4.84 Å². The first kappa shape index (κ1) is 6.63. The second-order valence-corrected chi connectivity index (χ2v) is 0.747. The number of nitrogens with two attached hydrogens (primary N) is 1. The van der Waals surface area contributed by atoms with E-state index in [4.69, 9.17) is 0 Å². The molecule has 0 radical (unpaired) electrons. The van der Waals surface area contributed by atoms with E-state index in [0.717, 1.165) is 0 Å². The Labute approximate surface area is 43.5 Å². The van der Waals surface area contributed by atoms with E-state index >= 15 is 0 Å². The molecule has 3 N–H and O–H groups in total. The Balaban J connectivity index is 3.40. The minimum atomic E-state index is -1.30. The third-order valence-corrected chi connectivity index (χ3v) is 0.275.